The smallest absolute Gasteiger partial charge is 0.123 e. The summed E-state index contributed by atoms with van der Waals surface area (Å²) in [5.41, 5.74) is 1.98. The molecule has 0 unspecified atom stereocenters. The van der Waals surface area contributed by atoms with Gasteiger partial charge in [0.25, 0.3) is 0 Å². The van der Waals surface area contributed by atoms with Crippen molar-refractivity contribution in [2.75, 3.05) is 0 Å². The van der Waals surface area contributed by atoms with Crippen LogP contribution in [0.15, 0.2) is 45.6 Å². The molecule has 0 atom stereocenters. The van der Waals surface area contributed by atoms with Crippen molar-refractivity contribution in [2.24, 2.45) is 0 Å². The Labute approximate surface area is 122 Å². The molecule has 18 heavy (non-hydrogen) atoms. The van der Waals surface area contributed by atoms with Crippen molar-refractivity contribution in [3.05, 3.63) is 62.5 Å². The van der Waals surface area contributed by atoms with E-state index in [1.54, 1.807) is 18.5 Å². The molecular formula is C13H11Br2FN2. The van der Waals surface area contributed by atoms with Crippen LogP contribution in [-0.2, 0) is 13.1 Å². The Bertz CT molecular complexity index is 546. The summed E-state index contributed by atoms with van der Waals surface area (Å²) in [6, 6.07) is 6.68. The highest BCUT2D eigenvalue weighted by Crippen LogP contribution is 2.17. The van der Waals surface area contributed by atoms with Gasteiger partial charge in [-0.15, -0.1) is 0 Å². The number of nitrogens with one attached hydrogen (secondary N) is 1. The van der Waals surface area contributed by atoms with Gasteiger partial charge >= 0.3 is 0 Å². The van der Waals surface area contributed by atoms with Gasteiger partial charge in [-0.1, -0.05) is 15.9 Å². The standard InChI is InChI=1S/C13H11Br2FN2/c14-11-3-9(6-18-8-11)5-17-7-10-4-12(16)1-2-13(10)15/h1-4,6,8,17H,5,7H2. The van der Waals surface area contributed by atoms with Gasteiger partial charge in [0, 0.05) is 34.4 Å². The maximum atomic E-state index is 13.1. The summed E-state index contributed by atoms with van der Waals surface area (Å²) in [6.45, 7) is 1.29. The van der Waals surface area contributed by atoms with E-state index in [0.717, 1.165) is 20.1 Å². The molecule has 0 fully saturated rings. The van der Waals surface area contributed by atoms with E-state index < -0.39 is 0 Å². The van der Waals surface area contributed by atoms with Gasteiger partial charge in [0.2, 0.25) is 0 Å². The molecule has 0 bridgehead atoms. The van der Waals surface area contributed by atoms with E-state index in [9.17, 15) is 4.39 Å². The van der Waals surface area contributed by atoms with Gasteiger partial charge in [-0.3, -0.25) is 4.98 Å². The van der Waals surface area contributed by atoms with Crippen molar-refractivity contribution >= 4 is 31.9 Å². The molecule has 0 aliphatic carbocycles. The third-order valence-electron chi connectivity index (χ3n) is 2.41. The summed E-state index contributed by atoms with van der Waals surface area (Å²) in [6.07, 6.45) is 3.55. The van der Waals surface area contributed by atoms with Crippen LogP contribution < -0.4 is 5.32 Å². The molecule has 1 aromatic carbocycles. The minimum atomic E-state index is -0.223. The van der Waals surface area contributed by atoms with Crippen molar-refractivity contribution < 1.29 is 4.39 Å². The summed E-state index contributed by atoms with van der Waals surface area (Å²) in [5.74, 6) is -0.223. The van der Waals surface area contributed by atoms with Crippen LogP contribution in [0.25, 0.3) is 0 Å². The van der Waals surface area contributed by atoms with Crippen LogP contribution in [0.5, 0.6) is 0 Å². The van der Waals surface area contributed by atoms with Gasteiger partial charge in [-0.25, -0.2) is 4.39 Å². The van der Waals surface area contributed by atoms with E-state index >= 15 is 0 Å². The van der Waals surface area contributed by atoms with Crippen molar-refractivity contribution in [3.8, 4) is 0 Å². The molecule has 94 valence electrons. The molecule has 1 N–H and O–H groups in total. The highest BCUT2D eigenvalue weighted by molar-refractivity contribution is 9.10. The first-order chi connectivity index (χ1) is 8.65. The van der Waals surface area contributed by atoms with Crippen LogP contribution in [0.1, 0.15) is 11.1 Å². The van der Waals surface area contributed by atoms with Crippen LogP contribution in [0.3, 0.4) is 0 Å². The highest BCUT2D eigenvalue weighted by atomic mass is 79.9. The molecule has 1 aromatic heterocycles. The molecule has 0 aliphatic heterocycles. The van der Waals surface area contributed by atoms with Crippen LogP contribution in [0.2, 0.25) is 0 Å². The Morgan fingerprint density at radius 3 is 2.72 bits per heavy atom. The van der Waals surface area contributed by atoms with Crippen molar-refractivity contribution in [2.45, 2.75) is 13.1 Å². The van der Waals surface area contributed by atoms with Crippen molar-refractivity contribution in [1.82, 2.24) is 10.3 Å². The largest absolute Gasteiger partial charge is 0.309 e. The molecule has 2 aromatic rings. The van der Waals surface area contributed by atoms with Crippen LogP contribution in [-0.4, -0.2) is 4.98 Å². The van der Waals surface area contributed by atoms with E-state index in [1.165, 1.54) is 12.1 Å². The quantitative estimate of drug-likeness (QED) is 0.874. The second-order valence-corrected chi connectivity index (χ2v) is 5.62. The van der Waals surface area contributed by atoms with Gasteiger partial charge in [0.15, 0.2) is 0 Å². The molecule has 0 saturated heterocycles. The fraction of sp³-hybridized carbons (Fsp3) is 0.154. The first-order valence-electron chi connectivity index (χ1n) is 5.39. The topological polar surface area (TPSA) is 24.9 Å². The lowest BCUT2D eigenvalue weighted by Crippen LogP contribution is -2.13. The van der Waals surface area contributed by atoms with Gasteiger partial charge in [-0.2, -0.15) is 0 Å². The minimum Gasteiger partial charge on any atom is -0.309 e. The number of rotatable bonds is 4. The molecule has 0 saturated carbocycles. The van der Waals surface area contributed by atoms with Gasteiger partial charge in [0.05, 0.1) is 0 Å². The fourth-order valence-corrected chi connectivity index (χ4v) is 2.37. The molecule has 0 amide bonds. The van der Waals surface area contributed by atoms with E-state index in [-0.39, 0.29) is 5.82 Å². The zero-order valence-corrected chi connectivity index (χ0v) is 12.6. The third-order valence-corrected chi connectivity index (χ3v) is 3.62. The molecular weight excluding hydrogens is 363 g/mol. The average Bonchev–Trinajstić information content (AvgIpc) is 2.34. The van der Waals surface area contributed by atoms with Gasteiger partial charge in [0.1, 0.15) is 5.82 Å². The Morgan fingerprint density at radius 1 is 1.11 bits per heavy atom. The number of benzene rings is 1. The zero-order valence-electron chi connectivity index (χ0n) is 9.46. The average molecular weight is 374 g/mol. The molecule has 5 heteroatoms. The minimum absolute atomic E-state index is 0.223. The Morgan fingerprint density at radius 2 is 1.94 bits per heavy atom. The highest BCUT2D eigenvalue weighted by Gasteiger charge is 2.02. The number of hydrogen-bond donors (Lipinski definition) is 1. The van der Waals surface area contributed by atoms with E-state index in [4.69, 9.17) is 0 Å². The summed E-state index contributed by atoms with van der Waals surface area (Å²) >= 11 is 6.77. The SMILES string of the molecule is Fc1ccc(Br)c(CNCc2cncc(Br)c2)c1. The summed E-state index contributed by atoms with van der Waals surface area (Å²) < 4.78 is 14.9. The van der Waals surface area contributed by atoms with E-state index in [2.05, 4.69) is 42.2 Å². The normalized spacial score (nSPS) is 10.6. The Balaban J connectivity index is 1.94. The van der Waals surface area contributed by atoms with E-state index in [1.807, 2.05) is 6.07 Å². The fourth-order valence-electron chi connectivity index (χ4n) is 1.57. The van der Waals surface area contributed by atoms with Crippen molar-refractivity contribution in [3.63, 3.8) is 0 Å². The number of hydrogen-bond acceptors (Lipinski definition) is 2. The molecule has 0 spiro atoms. The van der Waals surface area contributed by atoms with Crippen LogP contribution >= 0.6 is 31.9 Å². The monoisotopic (exact) mass is 372 g/mol. The first kappa shape index (κ1) is 13.6. The lowest BCUT2D eigenvalue weighted by molar-refractivity contribution is 0.619. The predicted molar refractivity (Wildman–Crippen MR) is 76.6 cm³/mol. The number of pyridine rings is 1. The predicted octanol–water partition coefficient (Wildman–Crippen LogP) is 4.04. The van der Waals surface area contributed by atoms with Crippen LogP contribution in [0.4, 0.5) is 4.39 Å². The Hall–Kier alpha value is -0.780. The van der Waals surface area contributed by atoms with Crippen LogP contribution in [0, 0.1) is 5.82 Å². The summed E-state index contributed by atoms with van der Waals surface area (Å²) in [4.78, 5) is 4.09. The maximum Gasteiger partial charge on any atom is 0.123 e. The number of nitrogens with zero attached hydrogens (tertiary/aromatic N) is 1. The van der Waals surface area contributed by atoms with E-state index in [0.29, 0.717) is 13.1 Å². The lowest BCUT2D eigenvalue weighted by atomic mass is 10.2. The maximum absolute atomic E-state index is 13.1. The molecule has 2 rings (SSSR count). The van der Waals surface area contributed by atoms with Crippen molar-refractivity contribution in [1.29, 1.82) is 0 Å². The summed E-state index contributed by atoms with van der Waals surface area (Å²) in [5, 5.41) is 3.26. The molecule has 0 radical (unpaired) electrons. The number of aromatic nitrogens is 1. The Kier molecular flexibility index (Phi) is 4.86. The third kappa shape index (κ3) is 3.86. The molecule has 1 heterocycles. The molecule has 0 aliphatic rings. The van der Waals surface area contributed by atoms with Gasteiger partial charge in [-0.05, 0) is 51.3 Å². The zero-order chi connectivity index (χ0) is 13.0. The lowest BCUT2D eigenvalue weighted by Gasteiger charge is -2.07. The first-order valence-corrected chi connectivity index (χ1v) is 6.98. The number of halogens is 3. The summed E-state index contributed by atoms with van der Waals surface area (Å²) in [7, 11) is 0. The molecule has 2 nitrogen and oxygen atoms in total. The second-order valence-electron chi connectivity index (χ2n) is 3.85. The second kappa shape index (κ2) is 6.41. The van der Waals surface area contributed by atoms with Gasteiger partial charge < -0.3 is 5.32 Å².